The number of ether oxygens (including phenoxy) is 1. The topological polar surface area (TPSA) is 35.2 Å². The number of fused-ring (bicyclic) bond motifs is 1. The van der Waals surface area contributed by atoms with E-state index >= 15 is 0 Å². The van der Waals surface area contributed by atoms with Gasteiger partial charge in [-0.3, -0.25) is 0 Å². The Morgan fingerprint density at radius 3 is 2.88 bits per heavy atom. The van der Waals surface area contributed by atoms with E-state index in [2.05, 4.69) is 13.8 Å². The van der Waals surface area contributed by atoms with Gasteiger partial charge in [0.25, 0.3) is 0 Å². The summed E-state index contributed by atoms with van der Waals surface area (Å²) in [6.45, 7) is 4.59. The fourth-order valence-electron chi connectivity index (χ4n) is 2.47. The molecule has 2 rings (SSSR count). The van der Waals surface area contributed by atoms with Crippen molar-refractivity contribution in [2.24, 2.45) is 11.7 Å². The fourth-order valence-corrected chi connectivity index (χ4v) is 2.47. The van der Waals surface area contributed by atoms with Gasteiger partial charge in [-0.1, -0.05) is 26.0 Å². The van der Waals surface area contributed by atoms with E-state index in [1.165, 1.54) is 6.07 Å². The average molecular weight is 237 g/mol. The zero-order chi connectivity index (χ0) is 12.4. The smallest absolute Gasteiger partial charge is 0.129 e. The first-order chi connectivity index (χ1) is 8.13. The lowest BCUT2D eigenvalue weighted by molar-refractivity contribution is -0.0331. The van der Waals surface area contributed by atoms with Gasteiger partial charge in [-0.05, 0) is 30.4 Å². The van der Waals surface area contributed by atoms with E-state index in [-0.39, 0.29) is 18.0 Å². The molecule has 0 radical (unpaired) electrons. The molecule has 0 aliphatic carbocycles. The summed E-state index contributed by atoms with van der Waals surface area (Å²) in [5, 5.41) is 0. The second kappa shape index (κ2) is 5.15. The quantitative estimate of drug-likeness (QED) is 0.858. The molecule has 2 nitrogen and oxygen atoms in total. The molecule has 1 heterocycles. The number of aryl methyl sites for hydroxylation is 1. The minimum absolute atomic E-state index is 0.162. The summed E-state index contributed by atoms with van der Waals surface area (Å²) in [6.07, 6.45) is 1.66. The van der Waals surface area contributed by atoms with Gasteiger partial charge in [0.15, 0.2) is 0 Å². The van der Waals surface area contributed by atoms with Gasteiger partial charge in [-0.2, -0.15) is 0 Å². The molecule has 1 aromatic carbocycles. The minimum atomic E-state index is -0.305. The molecule has 0 aromatic heterocycles. The predicted molar refractivity (Wildman–Crippen MR) is 66.2 cm³/mol. The zero-order valence-corrected chi connectivity index (χ0v) is 10.4. The second-order valence-electron chi connectivity index (χ2n) is 4.99. The molecule has 0 saturated heterocycles. The van der Waals surface area contributed by atoms with Gasteiger partial charge in [-0.15, -0.1) is 0 Å². The molecule has 0 bridgehead atoms. The van der Waals surface area contributed by atoms with Gasteiger partial charge in [0, 0.05) is 12.1 Å². The Morgan fingerprint density at radius 2 is 2.24 bits per heavy atom. The van der Waals surface area contributed by atoms with Crippen LogP contribution < -0.4 is 5.73 Å². The Kier molecular flexibility index (Phi) is 3.79. The van der Waals surface area contributed by atoms with Crippen LogP contribution in [0.4, 0.5) is 4.39 Å². The van der Waals surface area contributed by atoms with Gasteiger partial charge in [0.05, 0.1) is 12.2 Å². The number of halogens is 1. The summed E-state index contributed by atoms with van der Waals surface area (Å²) >= 11 is 0. The van der Waals surface area contributed by atoms with Crippen LogP contribution in [-0.2, 0) is 11.2 Å². The zero-order valence-electron chi connectivity index (χ0n) is 10.4. The summed E-state index contributed by atoms with van der Waals surface area (Å²) in [4.78, 5) is 0. The monoisotopic (exact) mass is 237 g/mol. The van der Waals surface area contributed by atoms with Crippen LogP contribution in [0.1, 0.15) is 37.5 Å². The molecule has 94 valence electrons. The van der Waals surface area contributed by atoms with Crippen LogP contribution in [0, 0.1) is 11.7 Å². The summed E-state index contributed by atoms with van der Waals surface area (Å²) < 4.78 is 19.8. The van der Waals surface area contributed by atoms with Crippen molar-refractivity contribution >= 4 is 0 Å². The number of rotatable bonds is 2. The molecule has 0 amide bonds. The number of hydrogen-bond acceptors (Lipinski definition) is 2. The number of nitrogens with two attached hydrogens (primary N) is 1. The third-order valence-electron chi connectivity index (χ3n) is 3.46. The Labute approximate surface area is 102 Å². The first-order valence-electron chi connectivity index (χ1n) is 6.26. The molecule has 2 atom stereocenters. The van der Waals surface area contributed by atoms with E-state index in [1.54, 1.807) is 6.07 Å². The van der Waals surface area contributed by atoms with Crippen molar-refractivity contribution in [1.29, 1.82) is 0 Å². The SMILES string of the molecule is CC(C)[C@@H]1CCc2cccc(F)c2[C@H](CN)O1. The van der Waals surface area contributed by atoms with Crippen molar-refractivity contribution in [2.45, 2.75) is 38.9 Å². The molecule has 1 aromatic rings. The van der Waals surface area contributed by atoms with E-state index in [0.717, 1.165) is 18.4 Å². The highest BCUT2D eigenvalue weighted by Crippen LogP contribution is 2.32. The Balaban J connectivity index is 2.36. The standard InChI is InChI=1S/C14H20FNO/c1-9(2)12-7-6-10-4-3-5-11(15)14(10)13(8-16)17-12/h3-5,9,12-13H,6-8,16H2,1-2H3/t12-,13-/m0/s1. The molecule has 1 aliphatic rings. The maximum atomic E-state index is 13.9. The van der Waals surface area contributed by atoms with Gasteiger partial charge in [0.2, 0.25) is 0 Å². The second-order valence-corrected chi connectivity index (χ2v) is 4.99. The van der Waals surface area contributed by atoms with Crippen LogP contribution in [0.3, 0.4) is 0 Å². The van der Waals surface area contributed by atoms with Crippen LogP contribution in [0.25, 0.3) is 0 Å². The molecular formula is C14H20FNO. The summed E-state index contributed by atoms with van der Waals surface area (Å²) in [5.41, 5.74) is 7.44. The van der Waals surface area contributed by atoms with E-state index in [1.807, 2.05) is 6.07 Å². The van der Waals surface area contributed by atoms with Crippen LogP contribution in [0.5, 0.6) is 0 Å². The first kappa shape index (κ1) is 12.5. The normalized spacial score (nSPS) is 24.5. The fraction of sp³-hybridized carbons (Fsp3) is 0.571. The third kappa shape index (κ3) is 2.50. The Bertz CT molecular complexity index is 392. The molecule has 17 heavy (non-hydrogen) atoms. The highest BCUT2D eigenvalue weighted by Gasteiger charge is 2.27. The molecular weight excluding hydrogens is 217 g/mol. The molecule has 0 saturated carbocycles. The van der Waals surface area contributed by atoms with E-state index in [4.69, 9.17) is 10.5 Å². The van der Waals surface area contributed by atoms with Crippen LogP contribution in [0.2, 0.25) is 0 Å². The van der Waals surface area contributed by atoms with Crippen LogP contribution >= 0.6 is 0 Å². The third-order valence-corrected chi connectivity index (χ3v) is 3.46. The van der Waals surface area contributed by atoms with Crippen LogP contribution in [0.15, 0.2) is 18.2 Å². The molecule has 3 heteroatoms. The summed E-state index contributed by atoms with van der Waals surface area (Å²) in [7, 11) is 0. The summed E-state index contributed by atoms with van der Waals surface area (Å²) in [5.74, 6) is 0.240. The molecule has 0 fully saturated rings. The van der Waals surface area contributed by atoms with Crippen molar-refractivity contribution < 1.29 is 9.13 Å². The van der Waals surface area contributed by atoms with Gasteiger partial charge in [-0.25, -0.2) is 4.39 Å². The number of hydrogen-bond donors (Lipinski definition) is 1. The predicted octanol–water partition coefficient (Wildman–Crippen LogP) is 2.81. The molecule has 2 N–H and O–H groups in total. The Morgan fingerprint density at radius 1 is 1.47 bits per heavy atom. The maximum absolute atomic E-state index is 13.9. The van der Waals surface area contributed by atoms with Gasteiger partial charge >= 0.3 is 0 Å². The molecule has 1 aliphatic heterocycles. The highest BCUT2D eigenvalue weighted by molar-refractivity contribution is 5.32. The lowest BCUT2D eigenvalue weighted by Crippen LogP contribution is -2.25. The average Bonchev–Trinajstić information content (AvgIpc) is 2.49. The van der Waals surface area contributed by atoms with Crippen molar-refractivity contribution in [3.05, 3.63) is 35.1 Å². The van der Waals surface area contributed by atoms with Gasteiger partial charge < -0.3 is 10.5 Å². The van der Waals surface area contributed by atoms with E-state index < -0.39 is 0 Å². The molecule has 0 unspecified atom stereocenters. The highest BCUT2D eigenvalue weighted by atomic mass is 19.1. The van der Waals surface area contributed by atoms with Crippen molar-refractivity contribution in [1.82, 2.24) is 0 Å². The first-order valence-corrected chi connectivity index (χ1v) is 6.26. The van der Waals surface area contributed by atoms with Crippen LogP contribution in [-0.4, -0.2) is 12.6 Å². The van der Waals surface area contributed by atoms with Crippen molar-refractivity contribution in [2.75, 3.05) is 6.54 Å². The molecule has 0 spiro atoms. The van der Waals surface area contributed by atoms with E-state index in [9.17, 15) is 4.39 Å². The minimum Gasteiger partial charge on any atom is -0.369 e. The number of benzene rings is 1. The largest absolute Gasteiger partial charge is 0.369 e. The van der Waals surface area contributed by atoms with E-state index in [0.29, 0.717) is 18.0 Å². The van der Waals surface area contributed by atoms with Crippen molar-refractivity contribution in [3.63, 3.8) is 0 Å². The maximum Gasteiger partial charge on any atom is 0.129 e. The van der Waals surface area contributed by atoms with Crippen molar-refractivity contribution in [3.8, 4) is 0 Å². The Hall–Kier alpha value is -0.930. The van der Waals surface area contributed by atoms with Gasteiger partial charge in [0.1, 0.15) is 5.82 Å². The lowest BCUT2D eigenvalue weighted by atomic mass is 9.97. The lowest BCUT2D eigenvalue weighted by Gasteiger charge is -2.24. The summed E-state index contributed by atoms with van der Waals surface area (Å²) in [6, 6.07) is 5.23.